The van der Waals surface area contributed by atoms with Crippen LogP contribution >= 0.6 is 0 Å². The van der Waals surface area contributed by atoms with Gasteiger partial charge < -0.3 is 117 Å². The molecule has 26 nitrogen and oxygen atoms in total. The number of nitrogens with zero attached hydrogens (tertiary/aromatic N) is 2. The summed E-state index contributed by atoms with van der Waals surface area (Å²) in [5.41, 5.74) is 0. The Kier molecular flexibility index (Phi) is 67.8. The summed E-state index contributed by atoms with van der Waals surface area (Å²) in [6.45, 7) is 14.7. The van der Waals surface area contributed by atoms with Crippen molar-refractivity contribution in [3.05, 3.63) is 0 Å². The number of hydrogen-bond acceptors (Lipinski definition) is 26. The van der Waals surface area contributed by atoms with Crippen LogP contribution in [0.1, 0.15) is 41.0 Å². The summed E-state index contributed by atoms with van der Waals surface area (Å²) >= 11 is 0. The fraction of sp³-hybridized carbons (Fsp3) is 0.907. The van der Waals surface area contributed by atoms with Crippen molar-refractivity contribution in [1.82, 2.24) is 41.7 Å². The standard InChI is InChI=1S/2C11H22N4O4.C10H24O5Si.C9H20O5Si.2CH4.4Li/c2*16-10(17)9(11(18)19)15-7-5-13-3-1-12-2-4-14-6-8-15;1-5-10(11)9-15-7-6-8-16(12-2,13-3)14-4;1-10-15(11-2,12-3)6-4-5-13-7-9-8-14-9;;;;;;/h2*9,12-14H,1-8H2,(H,16,17)(H,18,19);10-11H,5-9H2,1-4H3;9H,4-8H2,1-3H3;2*1H4;;;;/q;;;;;;4*+1/p-4. The first-order valence-electron chi connectivity index (χ1n) is 23.5. The van der Waals surface area contributed by atoms with E-state index < -0.39 is 53.6 Å². The Balaban J connectivity index is -0.000000161. The SMILES string of the molecule is C.C.CCC(O)COCCC[Si](OC)(OC)OC.CO[Si](CCCOCC1CO1)(OC)OC.O=C([O-])C(C(=O)[O-])N1CCNCCNCCNCC1.O=C([O-])C(C(=O)[O-])N1CCNCCNCCNCC1.[Li+].[Li+].[Li+].[Li+]. The smallest absolute Gasteiger partial charge is 0.548 e. The molecule has 3 saturated heterocycles. The Labute approximate surface area is 498 Å². The molecule has 3 heterocycles. The van der Waals surface area contributed by atoms with Gasteiger partial charge in [-0.2, -0.15) is 0 Å². The van der Waals surface area contributed by atoms with Crippen LogP contribution in [0.2, 0.25) is 12.1 Å². The third-order valence-corrected chi connectivity index (χ3v) is 16.4. The second-order valence-electron chi connectivity index (χ2n) is 15.6. The Bertz CT molecular complexity index is 1210. The molecule has 0 spiro atoms. The van der Waals surface area contributed by atoms with Gasteiger partial charge in [-0.15, -0.1) is 0 Å². The number of ether oxygens (including phenoxy) is 3. The summed E-state index contributed by atoms with van der Waals surface area (Å²) in [6, 6.07) is -1.91. The Morgan fingerprint density at radius 3 is 1.04 bits per heavy atom. The maximum absolute atomic E-state index is 10.9. The van der Waals surface area contributed by atoms with E-state index in [1.165, 1.54) is 9.80 Å². The zero-order chi connectivity index (χ0) is 51.8. The zero-order valence-corrected chi connectivity index (χ0v) is 48.0. The van der Waals surface area contributed by atoms with Gasteiger partial charge in [0.15, 0.2) is 0 Å². The number of carboxylic acid groups (broad SMARTS) is 4. The Hall–Kier alpha value is -0.0166. The first kappa shape index (κ1) is 88.8. The molecule has 0 aliphatic carbocycles. The molecule has 75 heavy (non-hydrogen) atoms. The summed E-state index contributed by atoms with van der Waals surface area (Å²) in [4.78, 5) is 46.3. The summed E-state index contributed by atoms with van der Waals surface area (Å²) in [5.74, 6) is -6.52. The average Bonchev–Trinajstić information content (AvgIpc) is 4.16. The monoisotopic (exact) mass is 1090 g/mol. The fourth-order valence-corrected chi connectivity index (χ4v) is 9.87. The first-order valence-corrected chi connectivity index (χ1v) is 27.3. The van der Waals surface area contributed by atoms with Crippen LogP contribution < -0.4 is 128 Å². The molecule has 0 bridgehead atoms. The second-order valence-corrected chi connectivity index (χ2v) is 21.8. The number of rotatable bonds is 25. The number of aliphatic hydroxyl groups is 1. The molecule has 0 amide bonds. The van der Waals surface area contributed by atoms with E-state index in [-0.39, 0.29) is 96.4 Å². The average molecular weight is 1090 g/mol. The van der Waals surface area contributed by atoms with E-state index >= 15 is 0 Å². The number of nitrogens with one attached hydrogen (secondary N) is 6. The van der Waals surface area contributed by atoms with Crippen LogP contribution in [0.4, 0.5) is 0 Å². The molecule has 0 aromatic carbocycles. The van der Waals surface area contributed by atoms with Crippen molar-refractivity contribution >= 4 is 41.5 Å². The molecule has 0 aromatic heterocycles. The first-order chi connectivity index (χ1) is 33.1. The minimum atomic E-state index is -2.45. The van der Waals surface area contributed by atoms with Gasteiger partial charge in [-0.05, 0) is 19.3 Å². The molecule has 0 aromatic rings. The van der Waals surface area contributed by atoms with Gasteiger partial charge in [-0.1, -0.05) is 21.8 Å². The van der Waals surface area contributed by atoms with Crippen molar-refractivity contribution in [3.63, 3.8) is 0 Å². The van der Waals surface area contributed by atoms with E-state index in [0.29, 0.717) is 91.3 Å². The van der Waals surface area contributed by atoms with Crippen molar-refractivity contribution in [2.75, 3.05) is 180 Å². The van der Waals surface area contributed by atoms with Gasteiger partial charge in [0, 0.05) is 173 Å². The van der Waals surface area contributed by atoms with Crippen LogP contribution in [-0.2, 0) is 59.9 Å². The van der Waals surface area contributed by atoms with Gasteiger partial charge in [0.05, 0.1) is 61.9 Å². The van der Waals surface area contributed by atoms with Crippen LogP contribution in [0.3, 0.4) is 0 Å². The topological polar surface area (TPSA) is 346 Å². The number of hydrogen-bond donors (Lipinski definition) is 7. The third-order valence-electron chi connectivity index (χ3n) is 10.7. The summed E-state index contributed by atoms with van der Waals surface area (Å²) in [7, 11) is 4.83. The third kappa shape index (κ3) is 44.3. The number of carbonyl (C=O) groups is 4. The number of aliphatic carboxylic acids is 4. The molecule has 3 fully saturated rings. The number of carbonyl (C=O) groups excluding carboxylic acids is 4. The molecule has 7 N–H and O–H groups in total. The summed E-state index contributed by atoms with van der Waals surface area (Å²) < 4.78 is 47.5. The Morgan fingerprint density at radius 2 is 0.800 bits per heavy atom. The van der Waals surface area contributed by atoms with Gasteiger partial charge in [-0.25, -0.2) is 0 Å². The van der Waals surface area contributed by atoms with Crippen LogP contribution in [0.15, 0.2) is 0 Å². The molecule has 2 atom stereocenters. The maximum Gasteiger partial charge on any atom is 1.00 e. The normalized spacial score (nSPS) is 17.5. The molecule has 3 rings (SSSR count). The molecule has 0 saturated carbocycles. The summed E-state index contributed by atoms with van der Waals surface area (Å²) in [6.07, 6.45) is 2.37. The quantitative estimate of drug-likeness (QED) is 0.0193. The number of epoxide rings is 1. The van der Waals surface area contributed by atoms with Gasteiger partial charge in [0.25, 0.3) is 0 Å². The van der Waals surface area contributed by atoms with E-state index in [2.05, 4.69) is 31.9 Å². The van der Waals surface area contributed by atoms with Crippen molar-refractivity contribution in [1.29, 1.82) is 0 Å². The zero-order valence-electron chi connectivity index (χ0n) is 46.0. The summed E-state index contributed by atoms with van der Waals surface area (Å²) in [5, 5.41) is 71.7. The van der Waals surface area contributed by atoms with Gasteiger partial charge in [0.2, 0.25) is 0 Å². The van der Waals surface area contributed by atoms with Gasteiger partial charge >= 0.3 is 93.1 Å². The molecule has 2 unspecified atom stereocenters. The molecular weight excluding hydrogens is 1000 g/mol. The van der Waals surface area contributed by atoms with Crippen LogP contribution in [-0.4, -0.2) is 261 Å². The maximum atomic E-state index is 10.9. The molecule has 3 aliphatic heterocycles. The van der Waals surface area contributed by atoms with Crippen LogP contribution in [0.5, 0.6) is 0 Å². The molecular formula is C43H92Li4N8O18Si2. The largest absolute Gasteiger partial charge is 1.00 e. The molecule has 3 aliphatic rings. The van der Waals surface area contributed by atoms with E-state index in [4.69, 9.17) is 40.8 Å². The van der Waals surface area contributed by atoms with Crippen molar-refractivity contribution in [2.45, 2.75) is 77.4 Å². The molecule has 0 radical (unpaired) electrons. The van der Waals surface area contributed by atoms with E-state index in [1.807, 2.05) is 6.92 Å². The van der Waals surface area contributed by atoms with Gasteiger partial charge in [0.1, 0.15) is 6.10 Å². The number of aliphatic hydroxyl groups excluding tert-OH is 1. The minimum Gasteiger partial charge on any atom is -0.548 e. The van der Waals surface area contributed by atoms with E-state index in [9.17, 15) is 44.7 Å². The van der Waals surface area contributed by atoms with E-state index in [1.54, 1.807) is 42.7 Å². The number of carboxylic acids is 4. The van der Waals surface area contributed by atoms with Crippen molar-refractivity contribution < 1.29 is 161 Å². The predicted molar refractivity (Wildman–Crippen MR) is 262 cm³/mol. The fourth-order valence-electron chi connectivity index (χ4n) is 6.49. The minimum absolute atomic E-state index is 0. The molecule has 32 heteroatoms. The second kappa shape index (κ2) is 57.2. The van der Waals surface area contributed by atoms with Crippen LogP contribution in [0.25, 0.3) is 0 Å². The van der Waals surface area contributed by atoms with Crippen LogP contribution in [0, 0.1) is 0 Å². The van der Waals surface area contributed by atoms with Gasteiger partial charge in [-0.3, -0.25) is 9.80 Å². The van der Waals surface area contributed by atoms with E-state index in [0.717, 1.165) is 83.9 Å². The Morgan fingerprint density at radius 1 is 0.533 bits per heavy atom. The molecule has 424 valence electrons. The van der Waals surface area contributed by atoms with Crippen molar-refractivity contribution in [3.8, 4) is 0 Å². The predicted octanol–water partition coefficient (Wildman–Crippen LogP) is -19.1. The van der Waals surface area contributed by atoms with Crippen molar-refractivity contribution in [2.24, 2.45) is 0 Å².